The lowest BCUT2D eigenvalue weighted by Crippen LogP contribution is -2.36. The zero-order valence-corrected chi connectivity index (χ0v) is 10.8. The van der Waals surface area contributed by atoms with Gasteiger partial charge in [0, 0.05) is 6.42 Å². The van der Waals surface area contributed by atoms with Crippen LogP contribution in [0.15, 0.2) is 22.7 Å². The largest absolute Gasteiger partial charge is 0.339 e. The Balaban J connectivity index is 2.03. The summed E-state index contributed by atoms with van der Waals surface area (Å²) in [5.74, 6) is 0.842. The van der Waals surface area contributed by atoms with E-state index in [1.54, 1.807) is 6.07 Å². The van der Waals surface area contributed by atoms with Crippen molar-refractivity contribution in [3.8, 4) is 0 Å². The fraction of sp³-hybridized carbons (Fsp3) is 0.429. The summed E-state index contributed by atoms with van der Waals surface area (Å²) >= 11 is 0. The van der Waals surface area contributed by atoms with Crippen molar-refractivity contribution in [1.82, 2.24) is 10.1 Å². The Morgan fingerprint density at radius 2 is 2.32 bits per heavy atom. The van der Waals surface area contributed by atoms with Gasteiger partial charge in [-0.3, -0.25) is 0 Å². The molecule has 0 amide bonds. The van der Waals surface area contributed by atoms with E-state index in [4.69, 9.17) is 10.3 Å². The molecule has 1 aliphatic carbocycles. The zero-order valence-electron chi connectivity index (χ0n) is 10.8. The van der Waals surface area contributed by atoms with Gasteiger partial charge in [-0.25, -0.2) is 4.39 Å². The molecule has 2 N–H and O–H groups in total. The van der Waals surface area contributed by atoms with Gasteiger partial charge in [0.25, 0.3) is 0 Å². The van der Waals surface area contributed by atoms with Crippen LogP contribution in [-0.4, -0.2) is 10.1 Å². The first-order chi connectivity index (χ1) is 9.15. The van der Waals surface area contributed by atoms with Gasteiger partial charge in [0.05, 0.1) is 0 Å². The highest BCUT2D eigenvalue weighted by Crippen LogP contribution is 2.39. The smallest absolute Gasteiger partial charge is 0.226 e. The van der Waals surface area contributed by atoms with E-state index >= 15 is 0 Å². The summed E-state index contributed by atoms with van der Waals surface area (Å²) in [5.41, 5.74) is 7.04. The zero-order chi connectivity index (χ0) is 13.5. The van der Waals surface area contributed by atoms with E-state index in [0.29, 0.717) is 30.1 Å². The van der Waals surface area contributed by atoms with Gasteiger partial charge >= 0.3 is 0 Å². The second-order valence-electron chi connectivity index (χ2n) is 5.00. The third kappa shape index (κ3) is 1.85. The van der Waals surface area contributed by atoms with Crippen LogP contribution in [0.25, 0.3) is 0 Å². The molecule has 1 aromatic heterocycles. The van der Waals surface area contributed by atoms with Crippen LogP contribution in [0.1, 0.15) is 42.6 Å². The molecule has 0 aliphatic heterocycles. The van der Waals surface area contributed by atoms with Gasteiger partial charge in [-0.15, -0.1) is 0 Å². The fourth-order valence-corrected chi connectivity index (χ4v) is 2.67. The normalized spacial score (nSPS) is 21.6. The number of hydrogen-bond acceptors (Lipinski definition) is 4. The van der Waals surface area contributed by atoms with Crippen molar-refractivity contribution in [2.24, 2.45) is 5.73 Å². The fourth-order valence-electron chi connectivity index (χ4n) is 2.67. The highest BCUT2D eigenvalue weighted by Gasteiger charge is 2.41. The van der Waals surface area contributed by atoms with E-state index in [1.807, 2.05) is 13.0 Å². The summed E-state index contributed by atoms with van der Waals surface area (Å²) in [4.78, 5) is 4.36. The molecule has 100 valence electrons. The molecule has 2 aromatic rings. The van der Waals surface area contributed by atoms with Crippen molar-refractivity contribution >= 4 is 0 Å². The molecule has 19 heavy (non-hydrogen) atoms. The van der Waals surface area contributed by atoms with Crippen LogP contribution in [0.5, 0.6) is 0 Å². The van der Waals surface area contributed by atoms with Gasteiger partial charge in [-0.05, 0) is 36.5 Å². The van der Waals surface area contributed by atoms with E-state index < -0.39 is 5.54 Å². The first kappa shape index (κ1) is 12.3. The number of benzene rings is 1. The molecule has 1 aliphatic rings. The van der Waals surface area contributed by atoms with Gasteiger partial charge in [-0.2, -0.15) is 4.98 Å². The lowest BCUT2D eigenvalue weighted by atomic mass is 9.92. The number of nitrogens with two attached hydrogens (primary N) is 1. The van der Waals surface area contributed by atoms with Crippen molar-refractivity contribution in [3.05, 3.63) is 46.9 Å². The molecule has 0 fully saturated rings. The standard InChI is InChI=1S/C14H16FN3O/c1-2-4-12-17-13(18-19-12)14(16)8-7-9-10(14)5-3-6-11(9)15/h3,5-6H,2,4,7-8,16H2,1H3. The van der Waals surface area contributed by atoms with Gasteiger partial charge < -0.3 is 10.3 Å². The summed E-state index contributed by atoms with van der Waals surface area (Å²) in [5, 5.41) is 3.98. The molecule has 0 saturated heterocycles. The van der Waals surface area contributed by atoms with Crippen molar-refractivity contribution in [2.45, 2.75) is 38.1 Å². The van der Waals surface area contributed by atoms with Crippen LogP contribution in [0.3, 0.4) is 0 Å². The summed E-state index contributed by atoms with van der Waals surface area (Å²) in [6, 6.07) is 4.98. The van der Waals surface area contributed by atoms with Gasteiger partial charge in [0.15, 0.2) is 5.82 Å². The molecule has 3 rings (SSSR count). The number of aromatic nitrogens is 2. The van der Waals surface area contributed by atoms with Gasteiger partial charge in [-0.1, -0.05) is 24.2 Å². The minimum atomic E-state index is -0.826. The lowest BCUT2D eigenvalue weighted by Gasteiger charge is -2.20. The Labute approximate surface area is 110 Å². The Hall–Kier alpha value is -1.75. The molecule has 0 radical (unpaired) electrons. The van der Waals surface area contributed by atoms with Crippen LogP contribution in [-0.2, 0) is 18.4 Å². The maximum atomic E-state index is 13.8. The van der Waals surface area contributed by atoms with Crippen molar-refractivity contribution in [2.75, 3.05) is 0 Å². The molecule has 1 unspecified atom stereocenters. The van der Waals surface area contributed by atoms with E-state index in [-0.39, 0.29) is 5.82 Å². The van der Waals surface area contributed by atoms with Crippen molar-refractivity contribution < 1.29 is 8.91 Å². The van der Waals surface area contributed by atoms with Crippen molar-refractivity contribution in [1.29, 1.82) is 0 Å². The highest BCUT2D eigenvalue weighted by molar-refractivity contribution is 5.43. The molecule has 0 spiro atoms. The maximum Gasteiger partial charge on any atom is 0.226 e. The number of aryl methyl sites for hydroxylation is 1. The third-order valence-electron chi connectivity index (χ3n) is 3.70. The van der Waals surface area contributed by atoms with Gasteiger partial charge in [0.1, 0.15) is 11.4 Å². The number of nitrogens with zero attached hydrogens (tertiary/aromatic N) is 2. The molecular weight excluding hydrogens is 245 g/mol. The summed E-state index contributed by atoms with van der Waals surface area (Å²) < 4.78 is 18.9. The monoisotopic (exact) mass is 261 g/mol. The quantitative estimate of drug-likeness (QED) is 0.920. The van der Waals surface area contributed by atoms with Crippen LogP contribution in [0.2, 0.25) is 0 Å². The van der Waals surface area contributed by atoms with E-state index in [9.17, 15) is 4.39 Å². The second-order valence-corrected chi connectivity index (χ2v) is 5.00. The third-order valence-corrected chi connectivity index (χ3v) is 3.70. The minimum absolute atomic E-state index is 0.206. The molecule has 4 nitrogen and oxygen atoms in total. The first-order valence-corrected chi connectivity index (χ1v) is 6.55. The number of halogens is 1. The number of rotatable bonds is 3. The number of fused-ring (bicyclic) bond motifs is 1. The Morgan fingerprint density at radius 3 is 3.11 bits per heavy atom. The Kier molecular flexibility index (Phi) is 2.86. The van der Waals surface area contributed by atoms with Crippen LogP contribution < -0.4 is 5.73 Å². The maximum absolute atomic E-state index is 13.8. The molecule has 0 saturated carbocycles. The minimum Gasteiger partial charge on any atom is -0.339 e. The Morgan fingerprint density at radius 1 is 1.47 bits per heavy atom. The van der Waals surface area contributed by atoms with E-state index in [0.717, 1.165) is 18.4 Å². The summed E-state index contributed by atoms with van der Waals surface area (Å²) in [6.45, 7) is 2.04. The summed E-state index contributed by atoms with van der Waals surface area (Å²) in [6.07, 6.45) is 2.88. The molecule has 1 heterocycles. The van der Waals surface area contributed by atoms with Crippen LogP contribution in [0.4, 0.5) is 4.39 Å². The second kappa shape index (κ2) is 4.42. The molecule has 5 heteroatoms. The van der Waals surface area contributed by atoms with Crippen LogP contribution in [0, 0.1) is 5.82 Å². The lowest BCUT2D eigenvalue weighted by molar-refractivity contribution is 0.359. The molecule has 1 aromatic carbocycles. The highest BCUT2D eigenvalue weighted by atomic mass is 19.1. The Bertz CT molecular complexity index is 610. The van der Waals surface area contributed by atoms with E-state index in [1.165, 1.54) is 6.07 Å². The molecule has 1 atom stereocenters. The SMILES string of the molecule is CCCc1nc(C2(N)CCc3c(F)cccc32)no1. The average molecular weight is 261 g/mol. The van der Waals surface area contributed by atoms with Gasteiger partial charge in [0.2, 0.25) is 5.89 Å². The van der Waals surface area contributed by atoms with Crippen LogP contribution >= 0.6 is 0 Å². The predicted octanol–water partition coefficient (Wildman–Crippen LogP) is 2.31. The van der Waals surface area contributed by atoms with Crippen molar-refractivity contribution in [3.63, 3.8) is 0 Å². The van der Waals surface area contributed by atoms with E-state index in [2.05, 4.69) is 10.1 Å². The molecular formula is C14H16FN3O. The topological polar surface area (TPSA) is 64.9 Å². The molecule has 0 bridgehead atoms. The average Bonchev–Trinajstić information content (AvgIpc) is 2.98. The summed E-state index contributed by atoms with van der Waals surface area (Å²) in [7, 11) is 0. The first-order valence-electron chi connectivity index (χ1n) is 6.55. The number of hydrogen-bond donors (Lipinski definition) is 1. The predicted molar refractivity (Wildman–Crippen MR) is 68.0 cm³/mol.